The number of rotatable bonds is 4. The zero-order valence-corrected chi connectivity index (χ0v) is 12.5. The maximum Gasteiger partial charge on any atom is 0.343 e. The first-order valence-corrected chi connectivity index (χ1v) is 6.67. The highest BCUT2D eigenvalue weighted by atomic mass is 16.5. The average Bonchev–Trinajstić information content (AvgIpc) is 2.52. The Morgan fingerprint density at radius 2 is 1.67 bits per heavy atom. The van der Waals surface area contributed by atoms with Crippen molar-refractivity contribution in [2.75, 3.05) is 7.11 Å². The van der Waals surface area contributed by atoms with Gasteiger partial charge in [-0.15, -0.1) is 0 Å². The van der Waals surface area contributed by atoms with E-state index in [-0.39, 0.29) is 29.0 Å². The average molecular weight is 334 g/mol. The minimum atomic E-state index is -0.929. The minimum Gasteiger partial charge on any atom is -0.508 e. The highest BCUT2D eigenvalue weighted by molar-refractivity contribution is 5.92. The lowest BCUT2D eigenvalue weighted by Crippen LogP contribution is -2.12. The van der Waals surface area contributed by atoms with Crippen LogP contribution < -0.4 is 4.74 Å². The first kappa shape index (κ1) is 16.9. The van der Waals surface area contributed by atoms with E-state index < -0.39 is 29.2 Å². The van der Waals surface area contributed by atoms with E-state index in [1.54, 1.807) is 0 Å². The fourth-order valence-electron chi connectivity index (χ4n) is 1.91. The van der Waals surface area contributed by atoms with E-state index in [1.807, 2.05) is 0 Å². The van der Waals surface area contributed by atoms with Gasteiger partial charge in [0.15, 0.2) is 11.5 Å². The lowest BCUT2D eigenvalue weighted by Gasteiger charge is -2.12. The van der Waals surface area contributed by atoms with Crippen molar-refractivity contribution in [2.24, 2.45) is 0 Å². The third kappa shape index (κ3) is 3.67. The summed E-state index contributed by atoms with van der Waals surface area (Å²) in [5, 5.41) is 38.0. The fraction of sp³-hybridized carbons (Fsp3) is 0.125. The van der Waals surface area contributed by atoms with Gasteiger partial charge in [-0.05, 0) is 18.2 Å². The molecular formula is C16H14O8. The van der Waals surface area contributed by atoms with Gasteiger partial charge in [0.05, 0.1) is 19.1 Å². The quantitative estimate of drug-likeness (QED) is 0.375. The molecule has 126 valence electrons. The normalized spacial score (nSPS) is 10.2. The molecule has 0 saturated carbocycles. The second kappa shape index (κ2) is 6.78. The van der Waals surface area contributed by atoms with Gasteiger partial charge in [-0.25, -0.2) is 4.79 Å². The Bertz CT molecular complexity index is 797. The molecule has 4 N–H and O–H groups in total. The number of aromatic hydroxyl groups is 4. The lowest BCUT2D eigenvalue weighted by molar-refractivity contribution is -0.139. The second-order valence-corrected chi connectivity index (χ2v) is 4.79. The molecule has 0 atom stereocenters. The van der Waals surface area contributed by atoms with E-state index in [2.05, 4.69) is 4.74 Å². The molecule has 0 heterocycles. The van der Waals surface area contributed by atoms with Gasteiger partial charge in [-0.2, -0.15) is 0 Å². The summed E-state index contributed by atoms with van der Waals surface area (Å²) in [6.45, 7) is 0. The smallest absolute Gasteiger partial charge is 0.343 e. The molecule has 0 fully saturated rings. The van der Waals surface area contributed by atoms with E-state index in [0.29, 0.717) is 0 Å². The number of hydrogen-bond acceptors (Lipinski definition) is 8. The van der Waals surface area contributed by atoms with Crippen molar-refractivity contribution in [2.45, 2.75) is 6.42 Å². The van der Waals surface area contributed by atoms with Crippen molar-refractivity contribution in [1.82, 2.24) is 0 Å². The third-order valence-electron chi connectivity index (χ3n) is 3.13. The molecule has 8 heteroatoms. The molecule has 2 rings (SSSR count). The number of phenolic OH excluding ortho intramolecular Hbond substituents is 4. The Kier molecular flexibility index (Phi) is 4.78. The van der Waals surface area contributed by atoms with Gasteiger partial charge >= 0.3 is 11.9 Å². The molecule has 0 aliphatic carbocycles. The Labute approximate surface area is 136 Å². The number of carbonyl (C=O) groups excluding carboxylic acids is 2. The van der Waals surface area contributed by atoms with Crippen LogP contribution in [0.2, 0.25) is 0 Å². The summed E-state index contributed by atoms with van der Waals surface area (Å²) < 4.78 is 9.57. The molecule has 0 saturated heterocycles. The van der Waals surface area contributed by atoms with Crippen molar-refractivity contribution in [3.8, 4) is 28.7 Å². The van der Waals surface area contributed by atoms with Crippen molar-refractivity contribution in [3.63, 3.8) is 0 Å². The van der Waals surface area contributed by atoms with E-state index in [4.69, 9.17) is 4.74 Å². The van der Waals surface area contributed by atoms with Crippen LogP contribution in [-0.2, 0) is 16.0 Å². The van der Waals surface area contributed by atoms with Crippen LogP contribution in [0, 0.1) is 0 Å². The molecular weight excluding hydrogens is 320 g/mol. The first-order chi connectivity index (χ1) is 11.3. The molecule has 0 bridgehead atoms. The number of phenols is 4. The van der Waals surface area contributed by atoms with Crippen LogP contribution in [0.1, 0.15) is 15.9 Å². The number of ether oxygens (including phenoxy) is 2. The van der Waals surface area contributed by atoms with Crippen molar-refractivity contribution < 1.29 is 39.5 Å². The number of esters is 2. The Morgan fingerprint density at radius 1 is 0.958 bits per heavy atom. The highest BCUT2D eigenvalue weighted by Gasteiger charge is 2.19. The van der Waals surface area contributed by atoms with E-state index >= 15 is 0 Å². The molecule has 0 amide bonds. The van der Waals surface area contributed by atoms with E-state index in [9.17, 15) is 30.0 Å². The van der Waals surface area contributed by atoms with Crippen molar-refractivity contribution >= 4 is 11.9 Å². The Hall–Kier alpha value is -3.42. The number of carbonyl (C=O) groups is 2. The van der Waals surface area contributed by atoms with Crippen LogP contribution in [0.15, 0.2) is 30.3 Å². The molecule has 8 nitrogen and oxygen atoms in total. The zero-order chi connectivity index (χ0) is 17.9. The summed E-state index contributed by atoms with van der Waals surface area (Å²) in [4.78, 5) is 23.5. The molecule has 0 unspecified atom stereocenters. The predicted octanol–water partition coefficient (Wildman–Crippen LogP) is 1.44. The molecule has 0 spiro atoms. The molecule has 0 radical (unpaired) electrons. The third-order valence-corrected chi connectivity index (χ3v) is 3.13. The van der Waals surface area contributed by atoms with Gasteiger partial charge < -0.3 is 29.9 Å². The van der Waals surface area contributed by atoms with E-state index in [0.717, 1.165) is 31.4 Å². The molecule has 0 aromatic heterocycles. The SMILES string of the molecule is COC(=O)Cc1c(O)cc(O)cc1OC(=O)c1ccc(O)c(O)c1. The van der Waals surface area contributed by atoms with Crippen LogP contribution in [0.4, 0.5) is 0 Å². The molecule has 0 aliphatic rings. The monoisotopic (exact) mass is 334 g/mol. The van der Waals surface area contributed by atoms with Crippen LogP contribution in [0.25, 0.3) is 0 Å². The number of benzene rings is 2. The Morgan fingerprint density at radius 3 is 2.29 bits per heavy atom. The predicted molar refractivity (Wildman–Crippen MR) is 80.2 cm³/mol. The highest BCUT2D eigenvalue weighted by Crippen LogP contribution is 2.34. The van der Waals surface area contributed by atoms with Gasteiger partial charge in [-0.1, -0.05) is 0 Å². The van der Waals surface area contributed by atoms with Crippen LogP contribution in [0.3, 0.4) is 0 Å². The van der Waals surface area contributed by atoms with Crippen LogP contribution >= 0.6 is 0 Å². The van der Waals surface area contributed by atoms with Gasteiger partial charge in [-0.3, -0.25) is 4.79 Å². The standard InChI is InChI=1S/C16H14O8/c1-23-15(21)7-10-12(19)5-9(17)6-14(10)24-16(22)8-2-3-11(18)13(20)4-8/h2-6,17-20H,7H2,1H3. The summed E-state index contributed by atoms with van der Waals surface area (Å²) in [6, 6.07) is 5.33. The molecule has 0 aliphatic heterocycles. The number of hydrogen-bond donors (Lipinski definition) is 4. The summed E-state index contributed by atoms with van der Waals surface area (Å²) >= 11 is 0. The number of methoxy groups -OCH3 is 1. The zero-order valence-electron chi connectivity index (χ0n) is 12.5. The molecule has 2 aromatic rings. The maximum absolute atomic E-state index is 12.1. The molecule has 2 aromatic carbocycles. The maximum atomic E-state index is 12.1. The van der Waals surface area contributed by atoms with E-state index in [1.165, 1.54) is 6.07 Å². The second-order valence-electron chi connectivity index (χ2n) is 4.79. The summed E-state index contributed by atoms with van der Waals surface area (Å²) in [7, 11) is 1.16. The van der Waals surface area contributed by atoms with Gasteiger partial charge in [0.25, 0.3) is 0 Å². The van der Waals surface area contributed by atoms with Crippen molar-refractivity contribution in [1.29, 1.82) is 0 Å². The minimum absolute atomic E-state index is 0.0454. The van der Waals surface area contributed by atoms with Crippen LogP contribution in [0.5, 0.6) is 28.7 Å². The first-order valence-electron chi connectivity index (χ1n) is 6.67. The fourth-order valence-corrected chi connectivity index (χ4v) is 1.91. The van der Waals surface area contributed by atoms with Crippen molar-refractivity contribution in [3.05, 3.63) is 41.5 Å². The summed E-state index contributed by atoms with van der Waals surface area (Å²) in [5.74, 6) is -3.60. The van der Waals surface area contributed by atoms with Crippen LogP contribution in [-0.4, -0.2) is 39.5 Å². The summed E-state index contributed by atoms with van der Waals surface area (Å²) in [6.07, 6.45) is -0.383. The van der Waals surface area contributed by atoms with Gasteiger partial charge in [0, 0.05) is 17.7 Å². The largest absolute Gasteiger partial charge is 0.508 e. The molecule has 24 heavy (non-hydrogen) atoms. The van der Waals surface area contributed by atoms with Gasteiger partial charge in [0.1, 0.15) is 17.2 Å². The Balaban J connectivity index is 2.35. The topological polar surface area (TPSA) is 134 Å². The lowest BCUT2D eigenvalue weighted by atomic mass is 10.1. The summed E-state index contributed by atoms with van der Waals surface area (Å²) in [5.41, 5.74) is -0.131. The van der Waals surface area contributed by atoms with Gasteiger partial charge in [0.2, 0.25) is 0 Å².